The van der Waals surface area contributed by atoms with Gasteiger partial charge in [0.2, 0.25) is 5.88 Å². The van der Waals surface area contributed by atoms with Crippen molar-refractivity contribution in [2.24, 2.45) is 5.41 Å². The minimum absolute atomic E-state index is 0.0804. The quantitative estimate of drug-likeness (QED) is 0.751. The van der Waals surface area contributed by atoms with Gasteiger partial charge < -0.3 is 4.74 Å². The summed E-state index contributed by atoms with van der Waals surface area (Å²) in [6, 6.07) is 5.82. The third-order valence-corrected chi connectivity index (χ3v) is 3.21. The fraction of sp³-hybridized carbons (Fsp3) is 0.615. The monoisotopic (exact) mass is 241 g/mol. The van der Waals surface area contributed by atoms with Crippen molar-refractivity contribution in [2.75, 3.05) is 6.61 Å². The van der Waals surface area contributed by atoms with Crippen molar-refractivity contribution >= 4 is 11.6 Å². The van der Waals surface area contributed by atoms with E-state index in [-0.39, 0.29) is 10.8 Å². The summed E-state index contributed by atoms with van der Waals surface area (Å²) < 4.78 is 5.36. The molecule has 0 spiro atoms. The molecule has 0 aliphatic carbocycles. The number of nitrogens with zero attached hydrogens (tertiary/aromatic N) is 1. The van der Waals surface area contributed by atoms with Gasteiger partial charge in [0.25, 0.3) is 0 Å². The molecule has 0 saturated carbocycles. The summed E-state index contributed by atoms with van der Waals surface area (Å²) in [5.41, 5.74) is 1.08. The van der Waals surface area contributed by atoms with Gasteiger partial charge in [-0.2, -0.15) is 0 Å². The van der Waals surface area contributed by atoms with Gasteiger partial charge >= 0.3 is 0 Å². The number of hydrogen-bond acceptors (Lipinski definition) is 2. The lowest BCUT2D eigenvalue weighted by Gasteiger charge is -2.24. The number of alkyl halides is 1. The highest BCUT2D eigenvalue weighted by molar-refractivity contribution is 6.21. The first-order valence-electron chi connectivity index (χ1n) is 5.66. The molecule has 1 aromatic heterocycles. The average molecular weight is 242 g/mol. The maximum atomic E-state index is 6.34. The van der Waals surface area contributed by atoms with E-state index in [1.54, 1.807) is 0 Å². The molecule has 0 aliphatic heterocycles. The van der Waals surface area contributed by atoms with Crippen LogP contribution in [0.2, 0.25) is 0 Å². The maximum absolute atomic E-state index is 6.34. The molecule has 16 heavy (non-hydrogen) atoms. The first-order chi connectivity index (χ1) is 7.43. The van der Waals surface area contributed by atoms with Crippen LogP contribution >= 0.6 is 11.6 Å². The molecule has 0 aromatic carbocycles. The predicted octanol–water partition coefficient (Wildman–Crippen LogP) is 3.68. The molecular formula is C13H20ClNO. The predicted molar refractivity (Wildman–Crippen MR) is 68.2 cm³/mol. The van der Waals surface area contributed by atoms with E-state index in [9.17, 15) is 0 Å². The van der Waals surface area contributed by atoms with E-state index < -0.39 is 0 Å². The van der Waals surface area contributed by atoms with Crippen LogP contribution in [0.25, 0.3) is 0 Å². The van der Waals surface area contributed by atoms with Gasteiger partial charge in [-0.1, -0.05) is 26.8 Å². The lowest BCUT2D eigenvalue weighted by Crippen LogP contribution is -2.23. The number of halogens is 1. The van der Waals surface area contributed by atoms with Crippen molar-refractivity contribution in [3.8, 4) is 5.88 Å². The molecule has 0 N–H and O–H groups in total. The van der Waals surface area contributed by atoms with Crippen LogP contribution in [0, 0.1) is 5.41 Å². The number of aromatic nitrogens is 1. The third-order valence-electron chi connectivity index (χ3n) is 2.40. The molecule has 0 radical (unpaired) electrons. The Hall–Kier alpha value is -0.760. The van der Waals surface area contributed by atoms with E-state index in [1.165, 1.54) is 0 Å². The Morgan fingerprint density at radius 2 is 2.06 bits per heavy atom. The second kappa shape index (κ2) is 5.53. The van der Waals surface area contributed by atoms with E-state index in [0.29, 0.717) is 12.5 Å². The van der Waals surface area contributed by atoms with Gasteiger partial charge in [0, 0.05) is 23.6 Å². The summed E-state index contributed by atoms with van der Waals surface area (Å²) in [7, 11) is 0. The summed E-state index contributed by atoms with van der Waals surface area (Å²) in [6.45, 7) is 9.00. The van der Waals surface area contributed by atoms with Crippen molar-refractivity contribution < 1.29 is 4.74 Å². The van der Waals surface area contributed by atoms with Crippen LogP contribution in [0.1, 0.15) is 33.4 Å². The van der Waals surface area contributed by atoms with Crippen LogP contribution in [-0.4, -0.2) is 17.0 Å². The van der Waals surface area contributed by atoms with Crippen LogP contribution in [0.15, 0.2) is 18.2 Å². The van der Waals surface area contributed by atoms with Crippen molar-refractivity contribution in [2.45, 2.75) is 39.5 Å². The first kappa shape index (κ1) is 13.3. The topological polar surface area (TPSA) is 22.1 Å². The maximum Gasteiger partial charge on any atom is 0.213 e. The molecule has 0 fully saturated rings. The molecule has 90 valence electrons. The van der Waals surface area contributed by atoms with Gasteiger partial charge in [-0.15, -0.1) is 11.6 Å². The summed E-state index contributed by atoms with van der Waals surface area (Å²) in [5.74, 6) is 0.678. The highest BCUT2D eigenvalue weighted by Gasteiger charge is 2.22. The normalized spacial score (nSPS) is 13.6. The summed E-state index contributed by atoms with van der Waals surface area (Å²) >= 11 is 6.34. The highest BCUT2D eigenvalue weighted by Crippen LogP contribution is 2.27. The molecule has 0 aliphatic rings. The summed E-state index contributed by atoms with van der Waals surface area (Å²) in [4.78, 5) is 4.41. The fourth-order valence-electron chi connectivity index (χ4n) is 1.29. The van der Waals surface area contributed by atoms with E-state index >= 15 is 0 Å². The molecule has 0 amide bonds. The largest absolute Gasteiger partial charge is 0.478 e. The van der Waals surface area contributed by atoms with E-state index in [1.807, 2.05) is 25.1 Å². The molecule has 1 aromatic rings. The molecule has 3 heteroatoms. The second-order valence-corrected chi connectivity index (χ2v) is 5.46. The zero-order valence-electron chi connectivity index (χ0n) is 10.5. The Morgan fingerprint density at radius 1 is 1.38 bits per heavy atom. The van der Waals surface area contributed by atoms with Crippen molar-refractivity contribution in [1.82, 2.24) is 4.98 Å². The van der Waals surface area contributed by atoms with Crippen LogP contribution < -0.4 is 4.74 Å². The smallest absolute Gasteiger partial charge is 0.213 e. The molecule has 1 unspecified atom stereocenters. The first-order valence-corrected chi connectivity index (χ1v) is 6.10. The molecule has 2 nitrogen and oxygen atoms in total. The van der Waals surface area contributed by atoms with Gasteiger partial charge in [0.15, 0.2) is 0 Å². The van der Waals surface area contributed by atoms with Crippen LogP contribution in [0.4, 0.5) is 0 Å². The third kappa shape index (κ3) is 4.01. The van der Waals surface area contributed by atoms with E-state index in [4.69, 9.17) is 16.3 Å². The Labute approximate surface area is 103 Å². The molecule has 0 saturated heterocycles. The Bertz CT molecular complexity index is 333. The average Bonchev–Trinajstić information content (AvgIpc) is 2.17. The number of ether oxygens (including phenoxy) is 1. The summed E-state index contributed by atoms with van der Waals surface area (Å²) in [6.07, 6.45) is 0.770. The lowest BCUT2D eigenvalue weighted by atomic mass is 9.89. The van der Waals surface area contributed by atoms with Crippen molar-refractivity contribution in [1.29, 1.82) is 0 Å². The van der Waals surface area contributed by atoms with Crippen molar-refractivity contribution in [3.05, 3.63) is 23.9 Å². The van der Waals surface area contributed by atoms with Crippen LogP contribution in [0.5, 0.6) is 5.88 Å². The number of rotatable bonds is 4. The van der Waals surface area contributed by atoms with Gasteiger partial charge in [-0.3, -0.25) is 0 Å². The van der Waals surface area contributed by atoms with Gasteiger partial charge in [0.1, 0.15) is 0 Å². The molecule has 0 bridgehead atoms. The molecule has 1 rings (SSSR count). The Kier molecular flexibility index (Phi) is 4.60. The van der Waals surface area contributed by atoms with E-state index in [0.717, 1.165) is 12.1 Å². The molecule has 1 atom stereocenters. The number of hydrogen-bond donors (Lipinski definition) is 0. The van der Waals surface area contributed by atoms with Crippen molar-refractivity contribution in [3.63, 3.8) is 0 Å². The molecule has 1 heterocycles. The molecular weight excluding hydrogens is 222 g/mol. The van der Waals surface area contributed by atoms with Gasteiger partial charge in [-0.25, -0.2) is 4.98 Å². The van der Waals surface area contributed by atoms with Gasteiger partial charge in [0.05, 0.1) is 6.61 Å². The minimum atomic E-state index is 0.0804. The summed E-state index contributed by atoms with van der Waals surface area (Å²) in [5, 5.41) is 0.0804. The standard InChI is InChI=1S/C13H20ClNO/c1-5-16-12-8-6-7-10(15-12)9-11(14)13(2,3)4/h6-8,11H,5,9H2,1-4H3. The zero-order chi connectivity index (χ0) is 12.2. The highest BCUT2D eigenvalue weighted by atomic mass is 35.5. The zero-order valence-corrected chi connectivity index (χ0v) is 11.2. The Balaban J connectivity index is 2.70. The number of pyridine rings is 1. The SMILES string of the molecule is CCOc1cccc(CC(Cl)C(C)(C)C)n1. The van der Waals surface area contributed by atoms with E-state index in [2.05, 4.69) is 25.8 Å². The second-order valence-electron chi connectivity index (χ2n) is 4.94. The van der Waals surface area contributed by atoms with Gasteiger partial charge in [-0.05, 0) is 18.4 Å². The lowest BCUT2D eigenvalue weighted by molar-refractivity contribution is 0.324. The fourth-order valence-corrected chi connectivity index (χ4v) is 1.45. The van der Waals surface area contributed by atoms with Crippen LogP contribution in [-0.2, 0) is 6.42 Å². The Morgan fingerprint density at radius 3 is 2.62 bits per heavy atom. The van der Waals surface area contributed by atoms with Crippen LogP contribution in [0.3, 0.4) is 0 Å². The minimum Gasteiger partial charge on any atom is -0.478 e.